The van der Waals surface area contributed by atoms with Crippen LogP contribution < -0.4 is 15.4 Å². The highest BCUT2D eigenvalue weighted by atomic mass is 35.5. The van der Waals surface area contributed by atoms with Gasteiger partial charge in [-0.3, -0.25) is 24.0 Å². The molecule has 4 heterocycles. The number of amides is 4. The van der Waals surface area contributed by atoms with Crippen LogP contribution in [0.25, 0.3) is 15.3 Å². The standard InChI is InChI=1S/C55H64ClN7O8S/c1-32(35-17-19-36(20-18-35)46-33(2)59-31-72-46)60-48(66)44-26-40(70-34(3)64)29-62(44)50(68)47(53(4,5)6)61-45(65)30-69-23-15-13-12-14-16-38-24-37-28-63(49(67)41(37)27-58-38)51-54(7,8)52(55(51,9)10)71-39-21-22-43(57-11)42(56)25-39/h17-22,24-25,27,31-32,40,44,47,51-52H,12-13,15,23,26,28-30H2,1-10H3,(H,60,66)(H,61,65)/t32-,40+,44-,47?,51?,52?/m0/s1. The Morgan fingerprint density at radius 3 is 2.39 bits per heavy atom. The third-order valence-electron chi connectivity index (χ3n) is 13.9. The zero-order chi connectivity index (χ0) is 52.3. The second-order valence-corrected chi connectivity index (χ2v) is 22.5. The molecule has 15 nitrogen and oxygen atoms in total. The van der Waals surface area contributed by atoms with Gasteiger partial charge in [-0.2, -0.15) is 0 Å². The average molecular weight is 1020 g/mol. The number of esters is 1. The van der Waals surface area contributed by atoms with E-state index >= 15 is 0 Å². The van der Waals surface area contributed by atoms with Crippen molar-refractivity contribution in [3.8, 4) is 28.0 Å². The summed E-state index contributed by atoms with van der Waals surface area (Å²) in [7, 11) is 0. The summed E-state index contributed by atoms with van der Waals surface area (Å²) in [6.07, 6.45) is 2.73. The molecule has 1 aliphatic carbocycles. The molecular weight excluding hydrogens is 954 g/mol. The van der Waals surface area contributed by atoms with Crippen LogP contribution in [0.4, 0.5) is 5.69 Å². The van der Waals surface area contributed by atoms with Gasteiger partial charge in [-0.15, -0.1) is 11.3 Å². The SMILES string of the molecule is [C-]#[N+]c1ccc(OC2C(C)(C)C(N3Cc4cc(C#CCCCCOCC(=O)NC(C(=O)N5C[C@H](OC(C)=O)C[C@H]5C(=O)N[C@@H](C)c5ccc(-c6scnc6C)cc5)C(C)(C)C)ncc4C3=O)C2(C)C)cc1Cl. The number of aryl methyl sites for hydroxylation is 1. The Bertz CT molecular complexity index is 2810. The van der Waals surface area contributed by atoms with Crippen LogP contribution in [0.3, 0.4) is 0 Å². The maximum Gasteiger partial charge on any atom is 0.302 e. The fraction of sp³-hybridized carbons (Fsp3) is 0.491. The third-order valence-corrected chi connectivity index (χ3v) is 15.1. The van der Waals surface area contributed by atoms with Gasteiger partial charge in [0.25, 0.3) is 5.91 Å². The van der Waals surface area contributed by atoms with Crippen LogP contribution in [-0.4, -0.2) is 99.5 Å². The molecule has 3 aliphatic rings. The van der Waals surface area contributed by atoms with Crippen molar-refractivity contribution < 1.29 is 38.2 Å². The molecule has 1 saturated heterocycles. The molecule has 2 fully saturated rings. The van der Waals surface area contributed by atoms with Crippen molar-refractivity contribution in [3.63, 3.8) is 0 Å². The largest absolute Gasteiger partial charge is 0.489 e. The Labute approximate surface area is 431 Å². The lowest BCUT2D eigenvalue weighted by Gasteiger charge is -2.65. The monoisotopic (exact) mass is 1020 g/mol. The number of ether oxygens (including phenoxy) is 3. The highest BCUT2D eigenvalue weighted by Gasteiger charge is 2.67. The van der Waals surface area contributed by atoms with E-state index in [-0.39, 0.29) is 49.6 Å². The quantitative estimate of drug-likeness (QED) is 0.0477. The molecule has 0 spiro atoms. The number of rotatable bonds is 16. The predicted molar refractivity (Wildman–Crippen MR) is 275 cm³/mol. The Kier molecular flexibility index (Phi) is 16.2. The van der Waals surface area contributed by atoms with Crippen LogP contribution in [0.2, 0.25) is 5.02 Å². The number of aromatic nitrogens is 2. The maximum absolute atomic E-state index is 14.3. The molecular formula is C55H64ClN7O8S. The first-order chi connectivity index (χ1) is 34.0. The number of fused-ring (bicyclic) bond motifs is 1. The summed E-state index contributed by atoms with van der Waals surface area (Å²) in [6, 6.07) is 12.4. The Morgan fingerprint density at radius 1 is 1.03 bits per heavy atom. The summed E-state index contributed by atoms with van der Waals surface area (Å²) in [5.41, 5.74) is 5.54. The number of likely N-dealkylation sites (tertiary alicyclic amines) is 1. The molecule has 0 bridgehead atoms. The fourth-order valence-electron chi connectivity index (χ4n) is 10.8. The van der Waals surface area contributed by atoms with Gasteiger partial charge in [0, 0.05) is 56.0 Å². The van der Waals surface area contributed by atoms with E-state index in [0.717, 1.165) is 27.3 Å². The molecule has 4 aromatic rings. The number of pyridine rings is 1. The summed E-state index contributed by atoms with van der Waals surface area (Å²) in [5, 5.41) is 6.24. The molecule has 2 N–H and O–H groups in total. The molecule has 2 aromatic heterocycles. The number of carbonyl (C=O) groups is 5. The van der Waals surface area contributed by atoms with Gasteiger partial charge < -0.3 is 34.6 Å². The van der Waals surface area contributed by atoms with E-state index < -0.39 is 52.2 Å². The van der Waals surface area contributed by atoms with Gasteiger partial charge in [-0.1, -0.05) is 96.3 Å². The zero-order valence-electron chi connectivity index (χ0n) is 42.7. The van der Waals surface area contributed by atoms with Gasteiger partial charge in [0.2, 0.25) is 23.4 Å². The van der Waals surface area contributed by atoms with E-state index in [2.05, 4.69) is 65.0 Å². The number of unbranched alkanes of at least 4 members (excludes halogenated alkanes) is 2. The molecule has 4 amide bonds. The summed E-state index contributed by atoms with van der Waals surface area (Å²) in [5.74, 6) is 4.98. The van der Waals surface area contributed by atoms with Crippen LogP contribution in [0, 0.1) is 41.6 Å². The van der Waals surface area contributed by atoms with E-state index in [9.17, 15) is 24.0 Å². The first-order valence-corrected chi connectivity index (χ1v) is 25.5. The van der Waals surface area contributed by atoms with Crippen LogP contribution in [0.15, 0.2) is 60.2 Å². The number of halogens is 1. The fourth-order valence-corrected chi connectivity index (χ4v) is 11.8. The molecule has 0 radical (unpaired) electrons. The molecule has 72 heavy (non-hydrogen) atoms. The minimum atomic E-state index is -1.00. The van der Waals surface area contributed by atoms with E-state index in [1.54, 1.807) is 35.7 Å². The van der Waals surface area contributed by atoms with Crippen molar-refractivity contribution in [2.24, 2.45) is 16.2 Å². The molecule has 1 saturated carbocycles. The lowest BCUT2D eigenvalue weighted by Crippen LogP contribution is -2.74. The first kappa shape index (κ1) is 53.5. The molecule has 17 heteroatoms. The second kappa shape index (κ2) is 21.8. The lowest BCUT2D eigenvalue weighted by atomic mass is 9.49. The predicted octanol–water partition coefficient (Wildman–Crippen LogP) is 9.04. The van der Waals surface area contributed by atoms with Gasteiger partial charge in [0.1, 0.15) is 42.3 Å². The number of benzene rings is 2. The topological polar surface area (TPSA) is 174 Å². The molecule has 380 valence electrons. The van der Waals surface area contributed by atoms with Gasteiger partial charge in [-0.05, 0) is 72.9 Å². The lowest BCUT2D eigenvalue weighted by molar-refractivity contribution is -0.199. The number of nitrogens with zero attached hydrogens (tertiary/aromatic N) is 5. The van der Waals surface area contributed by atoms with E-state index in [4.69, 9.17) is 32.4 Å². The van der Waals surface area contributed by atoms with Crippen molar-refractivity contribution in [2.75, 3.05) is 19.8 Å². The summed E-state index contributed by atoms with van der Waals surface area (Å²) < 4.78 is 17.7. The summed E-state index contributed by atoms with van der Waals surface area (Å²) in [4.78, 5) is 84.0. The molecule has 7 rings (SSSR count). The Hall–Kier alpha value is -6.33. The first-order valence-electron chi connectivity index (χ1n) is 24.3. The number of hydrogen-bond donors (Lipinski definition) is 2. The molecule has 2 aromatic carbocycles. The number of hydrogen-bond acceptors (Lipinski definition) is 11. The minimum absolute atomic E-state index is 0.00546. The normalized spacial score (nSPS) is 20.5. The highest BCUT2D eigenvalue weighted by Crippen LogP contribution is 2.59. The molecule has 2 aliphatic heterocycles. The number of nitrogens with one attached hydrogen (secondary N) is 2. The third kappa shape index (κ3) is 11.6. The Balaban J connectivity index is 0.871. The Morgan fingerprint density at radius 2 is 1.75 bits per heavy atom. The second-order valence-electron chi connectivity index (χ2n) is 21.2. The van der Waals surface area contributed by atoms with E-state index in [1.807, 2.05) is 75.4 Å². The van der Waals surface area contributed by atoms with Gasteiger partial charge in [0.15, 0.2) is 0 Å². The average Bonchev–Trinajstić information content (AvgIpc) is 4.03. The zero-order valence-corrected chi connectivity index (χ0v) is 44.3. The molecule has 1 unspecified atom stereocenters. The van der Waals surface area contributed by atoms with Gasteiger partial charge in [-0.25, -0.2) is 14.8 Å². The highest BCUT2D eigenvalue weighted by molar-refractivity contribution is 7.13. The molecule has 4 atom stereocenters. The summed E-state index contributed by atoms with van der Waals surface area (Å²) in [6.45, 7) is 26.8. The van der Waals surface area contributed by atoms with Crippen molar-refractivity contribution >= 4 is 58.2 Å². The smallest absolute Gasteiger partial charge is 0.302 e. The number of thiazole rings is 1. The summed E-state index contributed by atoms with van der Waals surface area (Å²) >= 11 is 7.86. The van der Waals surface area contributed by atoms with Crippen LogP contribution >= 0.6 is 22.9 Å². The van der Waals surface area contributed by atoms with E-state index in [1.165, 1.54) is 11.8 Å². The minimum Gasteiger partial charge on any atom is -0.489 e. The van der Waals surface area contributed by atoms with Gasteiger partial charge >= 0.3 is 5.97 Å². The van der Waals surface area contributed by atoms with Crippen LogP contribution in [0.1, 0.15) is 127 Å². The maximum atomic E-state index is 14.3. The van der Waals surface area contributed by atoms with Gasteiger partial charge in [0.05, 0.1) is 45.8 Å². The van der Waals surface area contributed by atoms with Crippen molar-refractivity contribution in [2.45, 2.75) is 138 Å². The van der Waals surface area contributed by atoms with E-state index in [0.29, 0.717) is 60.1 Å². The van der Waals surface area contributed by atoms with Crippen molar-refractivity contribution in [1.82, 2.24) is 30.4 Å². The number of carbonyl (C=O) groups excluding carboxylic acids is 5. The van der Waals surface area contributed by atoms with Crippen molar-refractivity contribution in [1.29, 1.82) is 0 Å². The van der Waals surface area contributed by atoms with Crippen molar-refractivity contribution in [3.05, 3.63) is 105 Å². The van der Waals surface area contributed by atoms with Crippen LogP contribution in [0.5, 0.6) is 5.75 Å². The van der Waals surface area contributed by atoms with Crippen LogP contribution in [-0.2, 0) is 35.2 Å².